The number of hydrogen-bond acceptors (Lipinski definition) is 5. The van der Waals surface area contributed by atoms with E-state index in [1.807, 2.05) is 24.3 Å². The van der Waals surface area contributed by atoms with Crippen molar-refractivity contribution in [3.05, 3.63) is 36.0 Å². The number of carbonyl (C=O) groups is 1. The van der Waals surface area contributed by atoms with Gasteiger partial charge in [0.25, 0.3) is 0 Å². The second kappa shape index (κ2) is 6.01. The molecule has 1 aromatic carbocycles. The van der Waals surface area contributed by atoms with Crippen LogP contribution in [-0.2, 0) is 0 Å². The first kappa shape index (κ1) is 13.8. The summed E-state index contributed by atoms with van der Waals surface area (Å²) in [7, 11) is 0. The van der Waals surface area contributed by atoms with Gasteiger partial charge in [0.05, 0.1) is 12.7 Å². The third-order valence-corrected chi connectivity index (χ3v) is 3.68. The van der Waals surface area contributed by atoms with Gasteiger partial charge in [-0.25, -0.2) is 9.78 Å². The van der Waals surface area contributed by atoms with Crippen LogP contribution in [0.25, 0.3) is 10.8 Å². The van der Waals surface area contributed by atoms with E-state index >= 15 is 0 Å². The highest BCUT2D eigenvalue weighted by molar-refractivity contribution is 7.99. The van der Waals surface area contributed by atoms with Gasteiger partial charge in [0, 0.05) is 11.1 Å². The monoisotopic (exact) mass is 279 g/mol. The molecular formula is C13H13NO4S. The van der Waals surface area contributed by atoms with Crippen molar-refractivity contribution in [3.8, 4) is 0 Å². The highest BCUT2D eigenvalue weighted by Crippen LogP contribution is 2.27. The molecule has 3 N–H and O–H groups in total. The number of pyridine rings is 1. The lowest BCUT2D eigenvalue weighted by Gasteiger charge is -2.09. The summed E-state index contributed by atoms with van der Waals surface area (Å²) in [6, 6.07) is 8.85. The number of benzene rings is 1. The maximum absolute atomic E-state index is 11.0. The second-order valence-corrected chi connectivity index (χ2v) is 5.00. The number of aromatic nitrogens is 1. The SMILES string of the molecule is O=C(O)c1cc2ccccc2c(SCC(O)CO)n1. The summed E-state index contributed by atoms with van der Waals surface area (Å²) in [6.07, 6.45) is -0.848. The maximum Gasteiger partial charge on any atom is 0.354 e. The highest BCUT2D eigenvalue weighted by Gasteiger charge is 2.12. The standard InChI is InChI=1S/C13H13NO4S/c15-6-9(16)7-19-12-10-4-2-1-3-8(10)5-11(14-12)13(17)18/h1-5,9,15-16H,6-7H2,(H,17,18). The zero-order chi connectivity index (χ0) is 13.8. The number of aliphatic hydroxyl groups excluding tert-OH is 2. The summed E-state index contributed by atoms with van der Waals surface area (Å²) < 4.78 is 0. The van der Waals surface area contributed by atoms with Crippen molar-refractivity contribution < 1.29 is 20.1 Å². The minimum atomic E-state index is -1.09. The molecule has 1 aromatic heterocycles. The Morgan fingerprint density at radius 1 is 1.37 bits per heavy atom. The molecular weight excluding hydrogens is 266 g/mol. The summed E-state index contributed by atoms with van der Waals surface area (Å²) >= 11 is 1.23. The molecule has 0 aliphatic carbocycles. The normalized spacial score (nSPS) is 12.5. The molecule has 100 valence electrons. The Bertz CT molecular complexity index is 602. The van der Waals surface area contributed by atoms with E-state index in [9.17, 15) is 9.90 Å². The zero-order valence-corrected chi connectivity index (χ0v) is 10.8. The number of hydrogen-bond donors (Lipinski definition) is 3. The Balaban J connectivity index is 2.41. The van der Waals surface area contributed by atoms with Crippen molar-refractivity contribution >= 4 is 28.5 Å². The number of fused-ring (bicyclic) bond motifs is 1. The van der Waals surface area contributed by atoms with Gasteiger partial charge in [-0.3, -0.25) is 0 Å². The smallest absolute Gasteiger partial charge is 0.354 e. The van der Waals surface area contributed by atoms with E-state index in [0.29, 0.717) is 5.03 Å². The van der Waals surface area contributed by atoms with Crippen molar-refractivity contribution in [1.82, 2.24) is 4.98 Å². The number of nitrogens with zero attached hydrogens (tertiary/aromatic N) is 1. The summed E-state index contributed by atoms with van der Waals surface area (Å²) in [4.78, 5) is 15.1. The van der Waals surface area contributed by atoms with Crippen molar-refractivity contribution in [2.75, 3.05) is 12.4 Å². The Kier molecular flexibility index (Phi) is 4.36. The lowest BCUT2D eigenvalue weighted by atomic mass is 10.1. The minimum Gasteiger partial charge on any atom is -0.477 e. The van der Waals surface area contributed by atoms with Gasteiger partial charge in [-0.15, -0.1) is 11.8 Å². The van der Waals surface area contributed by atoms with Crippen LogP contribution in [0, 0.1) is 0 Å². The van der Waals surface area contributed by atoms with E-state index in [1.165, 1.54) is 17.8 Å². The van der Waals surface area contributed by atoms with Crippen LogP contribution in [0.5, 0.6) is 0 Å². The first-order valence-corrected chi connectivity index (χ1v) is 6.65. The minimum absolute atomic E-state index is 0.0281. The number of rotatable bonds is 5. The first-order valence-electron chi connectivity index (χ1n) is 5.66. The van der Waals surface area contributed by atoms with Crippen LogP contribution in [0.4, 0.5) is 0 Å². The van der Waals surface area contributed by atoms with Crippen LogP contribution in [0.2, 0.25) is 0 Å². The van der Waals surface area contributed by atoms with Crippen LogP contribution in [0.15, 0.2) is 35.4 Å². The molecule has 0 saturated carbocycles. The molecule has 2 rings (SSSR count). The van der Waals surface area contributed by atoms with E-state index in [0.717, 1.165) is 10.8 Å². The van der Waals surface area contributed by atoms with Gasteiger partial charge < -0.3 is 15.3 Å². The molecule has 1 unspecified atom stereocenters. The van der Waals surface area contributed by atoms with Crippen molar-refractivity contribution in [2.45, 2.75) is 11.1 Å². The Hall–Kier alpha value is -1.63. The lowest BCUT2D eigenvalue weighted by molar-refractivity contribution is 0.0690. The molecule has 6 heteroatoms. The van der Waals surface area contributed by atoms with E-state index in [-0.39, 0.29) is 18.1 Å². The molecule has 5 nitrogen and oxygen atoms in total. The number of carboxylic acids is 1. The number of aliphatic hydroxyl groups is 2. The van der Waals surface area contributed by atoms with Gasteiger partial charge in [0.1, 0.15) is 10.7 Å². The molecule has 0 amide bonds. The maximum atomic E-state index is 11.0. The number of aromatic carboxylic acids is 1. The van der Waals surface area contributed by atoms with E-state index in [1.54, 1.807) is 0 Å². The molecule has 0 aliphatic rings. The molecule has 0 aliphatic heterocycles. The molecule has 2 aromatic rings. The summed E-state index contributed by atoms with van der Waals surface area (Å²) in [5.74, 6) is -0.827. The van der Waals surface area contributed by atoms with Crippen molar-refractivity contribution in [3.63, 3.8) is 0 Å². The Morgan fingerprint density at radius 3 is 2.79 bits per heavy atom. The zero-order valence-electron chi connectivity index (χ0n) is 9.98. The summed E-state index contributed by atoms with van der Waals surface area (Å²) in [6.45, 7) is -0.330. The fraction of sp³-hybridized carbons (Fsp3) is 0.231. The average molecular weight is 279 g/mol. The van der Waals surface area contributed by atoms with Crippen molar-refractivity contribution in [1.29, 1.82) is 0 Å². The van der Waals surface area contributed by atoms with E-state index in [2.05, 4.69) is 4.98 Å². The van der Waals surface area contributed by atoms with Crippen LogP contribution in [0.1, 0.15) is 10.5 Å². The van der Waals surface area contributed by atoms with Gasteiger partial charge in [-0.1, -0.05) is 24.3 Å². The van der Waals surface area contributed by atoms with Crippen LogP contribution >= 0.6 is 11.8 Å². The molecule has 0 bridgehead atoms. The molecule has 0 fully saturated rings. The third kappa shape index (κ3) is 3.23. The molecule has 0 radical (unpaired) electrons. The predicted octanol–water partition coefficient (Wildman–Crippen LogP) is 1.38. The third-order valence-electron chi connectivity index (χ3n) is 2.55. The van der Waals surface area contributed by atoms with Gasteiger partial charge in [0.15, 0.2) is 0 Å². The largest absolute Gasteiger partial charge is 0.477 e. The van der Waals surface area contributed by atoms with Crippen molar-refractivity contribution in [2.24, 2.45) is 0 Å². The number of carboxylic acid groups (broad SMARTS) is 1. The summed E-state index contributed by atoms with van der Waals surface area (Å²) in [5.41, 5.74) is -0.0281. The summed E-state index contributed by atoms with van der Waals surface area (Å²) in [5, 5.41) is 29.3. The number of thioether (sulfide) groups is 1. The van der Waals surface area contributed by atoms with Gasteiger partial charge in [0.2, 0.25) is 0 Å². The van der Waals surface area contributed by atoms with Gasteiger partial charge >= 0.3 is 5.97 Å². The molecule has 1 atom stereocenters. The van der Waals surface area contributed by atoms with Gasteiger partial charge in [-0.2, -0.15) is 0 Å². The van der Waals surface area contributed by atoms with Crippen LogP contribution in [-0.4, -0.2) is 44.7 Å². The Morgan fingerprint density at radius 2 is 2.11 bits per heavy atom. The van der Waals surface area contributed by atoms with Crippen LogP contribution in [0.3, 0.4) is 0 Å². The lowest BCUT2D eigenvalue weighted by Crippen LogP contribution is -2.14. The topological polar surface area (TPSA) is 90.7 Å². The second-order valence-electron chi connectivity index (χ2n) is 3.99. The fourth-order valence-electron chi connectivity index (χ4n) is 1.61. The molecule has 0 spiro atoms. The first-order chi connectivity index (χ1) is 9.11. The van der Waals surface area contributed by atoms with Gasteiger partial charge in [-0.05, 0) is 11.5 Å². The highest BCUT2D eigenvalue weighted by atomic mass is 32.2. The molecule has 19 heavy (non-hydrogen) atoms. The average Bonchev–Trinajstić information content (AvgIpc) is 2.43. The predicted molar refractivity (Wildman–Crippen MR) is 72.5 cm³/mol. The fourth-order valence-corrected chi connectivity index (χ4v) is 2.57. The molecule has 1 heterocycles. The van der Waals surface area contributed by atoms with E-state index in [4.69, 9.17) is 10.2 Å². The Labute approximate surface area is 113 Å². The molecule has 0 saturated heterocycles. The van der Waals surface area contributed by atoms with E-state index < -0.39 is 12.1 Å². The quantitative estimate of drug-likeness (QED) is 0.716. The van der Waals surface area contributed by atoms with Crippen LogP contribution < -0.4 is 0 Å².